The van der Waals surface area contributed by atoms with E-state index in [1.165, 1.54) is 18.2 Å². The number of nitrogens with one attached hydrogen (secondary N) is 1. The fraction of sp³-hybridized carbons (Fsp3) is 0.111. The Morgan fingerprint density at radius 1 is 1.19 bits per heavy atom. The van der Waals surface area contributed by atoms with Crippen molar-refractivity contribution in [1.82, 2.24) is 4.98 Å². The molecule has 0 atom stereocenters. The van der Waals surface area contributed by atoms with Crippen molar-refractivity contribution < 1.29 is 17.2 Å². The molecule has 0 saturated heterocycles. The Hall–Kier alpha value is -2.83. The summed E-state index contributed by atoms with van der Waals surface area (Å²) < 4.78 is 52.7. The van der Waals surface area contributed by atoms with Gasteiger partial charge in [0.15, 0.2) is 5.13 Å². The molecule has 1 heterocycles. The quantitative estimate of drug-likeness (QED) is 0.661. The molecular weight excluding hydrogens is 392 g/mol. The molecule has 3 rings (SSSR count). The van der Waals surface area contributed by atoms with Crippen molar-refractivity contribution in [1.29, 1.82) is 5.26 Å². The van der Waals surface area contributed by atoms with Crippen molar-refractivity contribution in [2.24, 2.45) is 0 Å². The molecule has 0 aliphatic rings. The highest BCUT2D eigenvalue weighted by molar-refractivity contribution is 7.93. The SMILES string of the molecule is N#Cc1ccc(Cc2cnc(NS(=O)(=O)c3cccc(C(F)F)c3)s2)cc1. The van der Waals surface area contributed by atoms with Crippen LogP contribution in [0.25, 0.3) is 0 Å². The number of hydrogen-bond donors (Lipinski definition) is 1. The van der Waals surface area contributed by atoms with Gasteiger partial charge in [0.1, 0.15) is 0 Å². The van der Waals surface area contributed by atoms with Gasteiger partial charge in [-0.1, -0.05) is 24.3 Å². The number of halogens is 2. The predicted molar refractivity (Wildman–Crippen MR) is 98.3 cm³/mol. The summed E-state index contributed by atoms with van der Waals surface area (Å²) in [5.74, 6) is 0. The van der Waals surface area contributed by atoms with Crippen LogP contribution in [-0.4, -0.2) is 13.4 Å². The Kier molecular flexibility index (Phi) is 5.48. The molecule has 0 aliphatic carbocycles. The molecule has 5 nitrogen and oxygen atoms in total. The number of nitrogens with zero attached hydrogens (tertiary/aromatic N) is 2. The number of hydrogen-bond acceptors (Lipinski definition) is 5. The lowest BCUT2D eigenvalue weighted by atomic mass is 10.1. The number of sulfonamides is 1. The van der Waals surface area contributed by atoms with Crippen LogP contribution in [0.5, 0.6) is 0 Å². The fourth-order valence-electron chi connectivity index (χ4n) is 2.33. The molecule has 2 aromatic carbocycles. The summed E-state index contributed by atoms with van der Waals surface area (Å²) in [4.78, 5) is 4.61. The number of alkyl halides is 2. The first-order valence-corrected chi connectivity index (χ1v) is 10.0. The Morgan fingerprint density at radius 2 is 1.93 bits per heavy atom. The van der Waals surface area contributed by atoms with Crippen molar-refractivity contribution in [3.63, 3.8) is 0 Å². The van der Waals surface area contributed by atoms with Gasteiger partial charge < -0.3 is 0 Å². The van der Waals surface area contributed by atoms with E-state index in [9.17, 15) is 17.2 Å². The lowest BCUT2D eigenvalue weighted by Crippen LogP contribution is -2.13. The normalized spacial score (nSPS) is 11.3. The van der Waals surface area contributed by atoms with Crippen LogP contribution in [0.3, 0.4) is 0 Å². The van der Waals surface area contributed by atoms with Crippen LogP contribution in [0.4, 0.5) is 13.9 Å². The third-order valence-electron chi connectivity index (χ3n) is 3.66. The highest BCUT2D eigenvalue weighted by Crippen LogP contribution is 2.26. The van der Waals surface area contributed by atoms with Gasteiger partial charge >= 0.3 is 0 Å². The smallest absolute Gasteiger partial charge is 0.255 e. The Bertz CT molecular complexity index is 1090. The van der Waals surface area contributed by atoms with E-state index in [0.717, 1.165) is 27.8 Å². The third-order valence-corrected chi connectivity index (χ3v) is 6.04. The second-order valence-electron chi connectivity index (χ2n) is 5.60. The number of thiazole rings is 1. The maximum absolute atomic E-state index is 12.8. The molecule has 0 bridgehead atoms. The molecule has 0 unspecified atom stereocenters. The lowest BCUT2D eigenvalue weighted by molar-refractivity contribution is 0.151. The highest BCUT2D eigenvalue weighted by atomic mass is 32.2. The van der Waals surface area contributed by atoms with Crippen LogP contribution < -0.4 is 4.72 Å². The minimum atomic E-state index is -4.01. The number of benzene rings is 2. The van der Waals surface area contributed by atoms with E-state index in [-0.39, 0.29) is 15.6 Å². The van der Waals surface area contributed by atoms with Crippen LogP contribution in [-0.2, 0) is 16.4 Å². The average molecular weight is 405 g/mol. The molecule has 0 spiro atoms. The van der Waals surface area contributed by atoms with Gasteiger partial charge in [-0.25, -0.2) is 22.2 Å². The number of nitriles is 1. The van der Waals surface area contributed by atoms with Crippen molar-refractivity contribution >= 4 is 26.5 Å². The van der Waals surface area contributed by atoms with Gasteiger partial charge in [-0.15, -0.1) is 11.3 Å². The molecule has 0 aliphatic heterocycles. The topological polar surface area (TPSA) is 82.8 Å². The monoisotopic (exact) mass is 405 g/mol. The third kappa shape index (κ3) is 4.67. The van der Waals surface area contributed by atoms with E-state index >= 15 is 0 Å². The molecule has 0 amide bonds. The van der Waals surface area contributed by atoms with Crippen LogP contribution in [0.2, 0.25) is 0 Å². The second-order valence-corrected chi connectivity index (χ2v) is 8.39. The van der Waals surface area contributed by atoms with Gasteiger partial charge in [0, 0.05) is 23.1 Å². The standard InChI is InChI=1S/C18H13F2N3O2S2/c19-17(20)14-2-1-3-16(9-14)27(24,25)23-18-22-11-15(26-18)8-12-4-6-13(10-21)7-5-12/h1-7,9,11,17H,8H2,(H,22,23). The van der Waals surface area contributed by atoms with Crippen molar-refractivity contribution in [2.75, 3.05) is 4.72 Å². The van der Waals surface area contributed by atoms with Gasteiger partial charge in [-0.3, -0.25) is 4.72 Å². The Labute approximate surface area is 159 Å². The van der Waals surface area contributed by atoms with E-state index in [1.807, 2.05) is 18.2 Å². The number of anilines is 1. The lowest BCUT2D eigenvalue weighted by Gasteiger charge is -2.07. The molecule has 1 aromatic heterocycles. The van der Waals surface area contributed by atoms with Crippen molar-refractivity contribution in [2.45, 2.75) is 17.7 Å². The molecule has 138 valence electrons. The van der Waals surface area contributed by atoms with Crippen molar-refractivity contribution in [3.8, 4) is 6.07 Å². The zero-order valence-corrected chi connectivity index (χ0v) is 15.4. The zero-order chi connectivity index (χ0) is 19.4. The van der Waals surface area contributed by atoms with E-state index in [1.54, 1.807) is 18.3 Å². The van der Waals surface area contributed by atoms with E-state index in [2.05, 4.69) is 9.71 Å². The van der Waals surface area contributed by atoms with Gasteiger partial charge in [-0.2, -0.15) is 5.26 Å². The van der Waals surface area contributed by atoms with Crippen LogP contribution in [0, 0.1) is 11.3 Å². The highest BCUT2D eigenvalue weighted by Gasteiger charge is 2.18. The average Bonchev–Trinajstić information content (AvgIpc) is 3.08. The molecule has 1 N–H and O–H groups in total. The summed E-state index contributed by atoms with van der Waals surface area (Å²) >= 11 is 1.16. The van der Waals surface area contributed by atoms with E-state index in [0.29, 0.717) is 12.0 Å². The molecular formula is C18H13F2N3O2S2. The van der Waals surface area contributed by atoms with Gasteiger partial charge in [0.05, 0.1) is 16.5 Å². The minimum Gasteiger partial charge on any atom is -0.255 e. The van der Waals surface area contributed by atoms with Crippen LogP contribution in [0.1, 0.15) is 28.0 Å². The fourth-order valence-corrected chi connectivity index (χ4v) is 4.47. The maximum Gasteiger partial charge on any atom is 0.263 e. The molecule has 3 aromatic rings. The molecule has 27 heavy (non-hydrogen) atoms. The summed E-state index contributed by atoms with van der Waals surface area (Å²) in [7, 11) is -4.01. The summed E-state index contributed by atoms with van der Waals surface area (Å²) in [5, 5.41) is 8.96. The predicted octanol–water partition coefficient (Wildman–Crippen LogP) is 4.34. The molecule has 9 heteroatoms. The first-order chi connectivity index (χ1) is 12.9. The maximum atomic E-state index is 12.8. The first-order valence-electron chi connectivity index (χ1n) is 7.72. The largest absolute Gasteiger partial charge is 0.263 e. The summed E-state index contributed by atoms with van der Waals surface area (Å²) in [6.07, 6.45) is -0.665. The van der Waals surface area contributed by atoms with E-state index < -0.39 is 16.4 Å². The molecule has 0 fully saturated rings. The van der Waals surface area contributed by atoms with Crippen LogP contribution >= 0.6 is 11.3 Å². The zero-order valence-electron chi connectivity index (χ0n) is 13.8. The van der Waals surface area contributed by atoms with E-state index in [4.69, 9.17) is 5.26 Å². The minimum absolute atomic E-state index is 0.154. The second kappa shape index (κ2) is 7.82. The summed E-state index contributed by atoms with van der Waals surface area (Å²) in [5.41, 5.74) is 1.15. The molecule has 0 saturated carbocycles. The Balaban J connectivity index is 1.74. The number of aromatic nitrogens is 1. The first kappa shape index (κ1) is 18.9. The Morgan fingerprint density at radius 3 is 2.59 bits per heavy atom. The number of rotatable bonds is 6. The van der Waals surface area contributed by atoms with Gasteiger partial charge in [0.25, 0.3) is 16.4 Å². The van der Waals surface area contributed by atoms with Crippen LogP contribution in [0.15, 0.2) is 59.6 Å². The molecule has 0 radical (unpaired) electrons. The summed E-state index contributed by atoms with van der Waals surface area (Å²) in [6.45, 7) is 0. The van der Waals surface area contributed by atoms with Gasteiger partial charge in [0.2, 0.25) is 0 Å². The van der Waals surface area contributed by atoms with Crippen molar-refractivity contribution in [3.05, 3.63) is 76.3 Å². The van der Waals surface area contributed by atoms with Gasteiger partial charge in [-0.05, 0) is 29.8 Å². The summed E-state index contributed by atoms with van der Waals surface area (Å²) in [6, 6.07) is 13.7.